The summed E-state index contributed by atoms with van der Waals surface area (Å²) in [7, 11) is 0. The number of aromatic hydroxyl groups is 2. The van der Waals surface area contributed by atoms with Crippen molar-refractivity contribution < 1.29 is 24.9 Å². The lowest BCUT2D eigenvalue weighted by Crippen LogP contribution is -2.31. The van der Waals surface area contributed by atoms with Crippen LogP contribution in [0.2, 0.25) is 0 Å². The molecule has 1 aromatic carbocycles. The van der Waals surface area contributed by atoms with Crippen LogP contribution in [0.1, 0.15) is 18.5 Å². The third kappa shape index (κ3) is 2.63. The van der Waals surface area contributed by atoms with E-state index in [0.717, 1.165) is 12.1 Å². The number of amides is 1. The molecule has 0 aromatic heterocycles. The van der Waals surface area contributed by atoms with E-state index < -0.39 is 23.7 Å². The van der Waals surface area contributed by atoms with Crippen molar-refractivity contribution in [3.63, 3.8) is 0 Å². The number of carboxylic acids is 1. The first-order chi connectivity index (χ1) is 7.41. The Morgan fingerprint density at radius 3 is 2.31 bits per heavy atom. The Morgan fingerprint density at radius 2 is 1.88 bits per heavy atom. The molecule has 1 aromatic rings. The molecule has 0 saturated carbocycles. The second-order valence-electron chi connectivity index (χ2n) is 3.22. The van der Waals surface area contributed by atoms with E-state index in [2.05, 4.69) is 5.32 Å². The van der Waals surface area contributed by atoms with Gasteiger partial charge < -0.3 is 20.6 Å². The van der Waals surface area contributed by atoms with Gasteiger partial charge in [-0.1, -0.05) is 6.07 Å². The van der Waals surface area contributed by atoms with Gasteiger partial charge in [-0.3, -0.25) is 4.79 Å². The average molecular weight is 225 g/mol. The Morgan fingerprint density at radius 1 is 1.25 bits per heavy atom. The molecule has 0 aliphatic heterocycles. The Kier molecular flexibility index (Phi) is 3.34. The summed E-state index contributed by atoms with van der Waals surface area (Å²) >= 11 is 0. The highest BCUT2D eigenvalue weighted by Crippen LogP contribution is 2.27. The van der Waals surface area contributed by atoms with Crippen molar-refractivity contribution in [3.05, 3.63) is 23.8 Å². The highest BCUT2D eigenvalue weighted by molar-refractivity contribution is 5.83. The van der Waals surface area contributed by atoms with Gasteiger partial charge in [-0.25, -0.2) is 4.79 Å². The number of rotatable bonds is 3. The van der Waals surface area contributed by atoms with Gasteiger partial charge in [-0.15, -0.1) is 0 Å². The molecule has 0 aliphatic rings. The molecular formula is C10H11NO5. The third-order valence-electron chi connectivity index (χ3n) is 1.93. The molecule has 0 fully saturated rings. The Balaban J connectivity index is 3.06. The number of phenolic OH excluding ortho intramolecular Hbond substituents is 2. The first-order valence-corrected chi connectivity index (χ1v) is 4.43. The van der Waals surface area contributed by atoms with Crippen LogP contribution >= 0.6 is 0 Å². The second-order valence-corrected chi connectivity index (χ2v) is 3.22. The van der Waals surface area contributed by atoms with Crippen LogP contribution < -0.4 is 5.32 Å². The van der Waals surface area contributed by atoms with E-state index in [0.29, 0.717) is 0 Å². The Hall–Kier alpha value is -2.24. The fourth-order valence-corrected chi connectivity index (χ4v) is 1.21. The summed E-state index contributed by atoms with van der Waals surface area (Å²) in [6, 6.07) is 2.31. The molecule has 6 heteroatoms. The summed E-state index contributed by atoms with van der Waals surface area (Å²) in [4.78, 5) is 21.7. The Labute approximate surface area is 91.1 Å². The molecular weight excluding hydrogens is 214 g/mol. The average Bonchev–Trinajstić information content (AvgIpc) is 2.18. The smallest absolute Gasteiger partial charge is 0.330 e. The minimum Gasteiger partial charge on any atom is -0.504 e. The third-order valence-corrected chi connectivity index (χ3v) is 1.93. The zero-order valence-electron chi connectivity index (χ0n) is 8.47. The van der Waals surface area contributed by atoms with E-state index in [-0.39, 0.29) is 11.3 Å². The van der Waals surface area contributed by atoms with Crippen LogP contribution in [0.25, 0.3) is 0 Å². The molecule has 0 spiro atoms. The molecule has 1 amide bonds. The van der Waals surface area contributed by atoms with Crippen LogP contribution in [-0.4, -0.2) is 27.2 Å². The zero-order chi connectivity index (χ0) is 12.3. The predicted octanol–water partition coefficient (Wildman–Crippen LogP) is 0.360. The van der Waals surface area contributed by atoms with Crippen molar-refractivity contribution in [2.24, 2.45) is 0 Å². The standard InChI is InChI=1S/C10H11NO5/c1-5(12)11-9(10(15)16)6-2-3-7(13)8(14)4-6/h2-4,9,13-14H,1H3,(H,11,12)(H,15,16). The van der Waals surface area contributed by atoms with Gasteiger partial charge in [0.1, 0.15) is 0 Å². The number of carbonyl (C=O) groups excluding carboxylic acids is 1. The van der Waals surface area contributed by atoms with Gasteiger partial charge >= 0.3 is 5.97 Å². The number of benzene rings is 1. The van der Waals surface area contributed by atoms with Crippen molar-refractivity contribution in [2.45, 2.75) is 13.0 Å². The molecule has 0 heterocycles. The number of phenols is 2. The Bertz CT molecular complexity index is 429. The van der Waals surface area contributed by atoms with Crippen LogP contribution in [0.3, 0.4) is 0 Å². The molecule has 6 nitrogen and oxygen atoms in total. The maximum atomic E-state index is 10.9. The summed E-state index contributed by atoms with van der Waals surface area (Å²) in [6.45, 7) is 1.19. The molecule has 0 saturated heterocycles. The number of carboxylic acid groups (broad SMARTS) is 1. The minimum atomic E-state index is -1.25. The topological polar surface area (TPSA) is 107 Å². The highest BCUT2D eigenvalue weighted by Gasteiger charge is 2.21. The fraction of sp³-hybridized carbons (Fsp3) is 0.200. The minimum absolute atomic E-state index is 0.179. The molecule has 86 valence electrons. The molecule has 1 unspecified atom stereocenters. The van der Waals surface area contributed by atoms with Gasteiger partial charge in [0.2, 0.25) is 5.91 Å². The lowest BCUT2D eigenvalue weighted by Gasteiger charge is -2.13. The van der Waals surface area contributed by atoms with E-state index in [9.17, 15) is 14.7 Å². The van der Waals surface area contributed by atoms with Crippen molar-refractivity contribution in [2.75, 3.05) is 0 Å². The van der Waals surface area contributed by atoms with Gasteiger partial charge in [-0.05, 0) is 17.7 Å². The quantitative estimate of drug-likeness (QED) is 0.555. The summed E-state index contributed by atoms with van der Waals surface area (Å²) in [5.74, 6) is -2.54. The van der Waals surface area contributed by atoms with Crippen LogP contribution in [0, 0.1) is 0 Å². The largest absolute Gasteiger partial charge is 0.504 e. The van der Waals surface area contributed by atoms with Gasteiger partial charge in [0.05, 0.1) is 0 Å². The number of hydrogen-bond acceptors (Lipinski definition) is 4. The predicted molar refractivity (Wildman–Crippen MR) is 54.0 cm³/mol. The van der Waals surface area contributed by atoms with E-state index >= 15 is 0 Å². The maximum absolute atomic E-state index is 10.9. The van der Waals surface area contributed by atoms with Crippen LogP contribution in [0.4, 0.5) is 0 Å². The van der Waals surface area contributed by atoms with Gasteiger partial charge in [-0.2, -0.15) is 0 Å². The maximum Gasteiger partial charge on any atom is 0.330 e. The number of carbonyl (C=O) groups is 2. The van der Waals surface area contributed by atoms with Crippen molar-refractivity contribution >= 4 is 11.9 Å². The van der Waals surface area contributed by atoms with E-state index in [4.69, 9.17) is 10.2 Å². The normalized spacial score (nSPS) is 11.8. The first kappa shape index (κ1) is 11.8. The molecule has 4 N–H and O–H groups in total. The van der Waals surface area contributed by atoms with Gasteiger partial charge in [0, 0.05) is 6.92 Å². The summed E-state index contributed by atoms with van der Waals surface area (Å²) in [5, 5.41) is 29.4. The molecule has 1 rings (SSSR count). The summed E-state index contributed by atoms with van der Waals surface area (Å²) < 4.78 is 0. The molecule has 0 radical (unpaired) electrons. The fourth-order valence-electron chi connectivity index (χ4n) is 1.21. The zero-order valence-corrected chi connectivity index (χ0v) is 8.47. The number of hydrogen-bond donors (Lipinski definition) is 4. The van der Waals surface area contributed by atoms with Crippen molar-refractivity contribution in [1.29, 1.82) is 0 Å². The van der Waals surface area contributed by atoms with Crippen molar-refractivity contribution in [3.8, 4) is 11.5 Å². The molecule has 0 bridgehead atoms. The number of nitrogens with one attached hydrogen (secondary N) is 1. The van der Waals surface area contributed by atoms with E-state index in [1.807, 2.05) is 0 Å². The first-order valence-electron chi connectivity index (χ1n) is 4.43. The van der Waals surface area contributed by atoms with Gasteiger partial charge in [0.25, 0.3) is 0 Å². The molecule has 0 aliphatic carbocycles. The van der Waals surface area contributed by atoms with Crippen LogP contribution in [-0.2, 0) is 9.59 Å². The summed E-state index contributed by atoms with van der Waals surface area (Å²) in [6.07, 6.45) is 0. The molecule has 1 atom stereocenters. The number of aliphatic carboxylic acids is 1. The summed E-state index contributed by atoms with van der Waals surface area (Å²) in [5.41, 5.74) is 0.179. The lowest BCUT2D eigenvalue weighted by molar-refractivity contribution is -0.141. The van der Waals surface area contributed by atoms with Crippen molar-refractivity contribution in [1.82, 2.24) is 5.32 Å². The van der Waals surface area contributed by atoms with Gasteiger partial charge in [0.15, 0.2) is 17.5 Å². The lowest BCUT2D eigenvalue weighted by atomic mass is 10.1. The van der Waals surface area contributed by atoms with Crippen LogP contribution in [0.5, 0.6) is 11.5 Å². The van der Waals surface area contributed by atoms with E-state index in [1.165, 1.54) is 13.0 Å². The monoisotopic (exact) mass is 225 g/mol. The van der Waals surface area contributed by atoms with E-state index in [1.54, 1.807) is 0 Å². The SMILES string of the molecule is CC(=O)NC(C(=O)O)c1ccc(O)c(O)c1. The molecule has 16 heavy (non-hydrogen) atoms. The second kappa shape index (κ2) is 4.52. The van der Waals surface area contributed by atoms with Crippen LogP contribution in [0.15, 0.2) is 18.2 Å². The highest BCUT2D eigenvalue weighted by atomic mass is 16.4.